The number of aliphatic carboxylic acids is 1. The monoisotopic (exact) mass is 501 g/mol. The van der Waals surface area contributed by atoms with Crippen molar-refractivity contribution in [3.8, 4) is 11.5 Å². The summed E-state index contributed by atoms with van der Waals surface area (Å²) in [5.74, 6) is -3.47. The molecule has 0 bridgehead atoms. The largest absolute Gasteiger partial charge is 0.493 e. The van der Waals surface area contributed by atoms with Crippen LogP contribution in [0.15, 0.2) is 30.3 Å². The Morgan fingerprint density at radius 1 is 1.08 bits per heavy atom. The topological polar surface area (TPSA) is 131 Å². The third kappa shape index (κ3) is 4.79. The van der Waals surface area contributed by atoms with E-state index in [4.69, 9.17) is 15.2 Å². The summed E-state index contributed by atoms with van der Waals surface area (Å²) in [6, 6.07) is 6.57. The van der Waals surface area contributed by atoms with Crippen molar-refractivity contribution in [3.63, 3.8) is 0 Å². The summed E-state index contributed by atoms with van der Waals surface area (Å²) in [4.78, 5) is 36.6. The molecule has 0 saturated carbocycles. The number of carbonyl (C=O) groups is 2. The van der Waals surface area contributed by atoms with Crippen LogP contribution in [0.5, 0.6) is 11.5 Å². The zero-order valence-electron chi connectivity index (χ0n) is 19.7. The molecule has 1 aromatic heterocycles. The molecule has 12 heteroatoms. The van der Waals surface area contributed by atoms with Crippen molar-refractivity contribution in [2.45, 2.75) is 12.3 Å². The molecule has 3 N–H and O–H groups in total. The second kappa shape index (κ2) is 10.2. The highest BCUT2D eigenvalue weighted by Gasteiger charge is 2.29. The van der Waals surface area contributed by atoms with Crippen LogP contribution in [0.25, 0.3) is 10.9 Å². The first kappa shape index (κ1) is 24.9. The number of ether oxygens (including phenoxy) is 2. The average molecular weight is 501 g/mol. The number of piperazine rings is 1. The van der Waals surface area contributed by atoms with E-state index in [1.807, 2.05) is 0 Å². The lowest BCUT2D eigenvalue weighted by Gasteiger charge is -2.35. The number of carboxylic acids is 1. The number of carboxylic acid groups (broad SMARTS) is 1. The number of hydrogen-bond acceptors (Lipinski definition) is 8. The molecule has 1 unspecified atom stereocenters. The number of nitrogens with two attached hydrogens (primary N) is 1. The number of carbonyl (C=O) groups excluding carboxylic acids is 1. The van der Waals surface area contributed by atoms with Crippen molar-refractivity contribution in [1.82, 2.24) is 14.9 Å². The molecule has 1 aliphatic heterocycles. The number of nitrogens with zero attached hydrogens (tertiary/aromatic N) is 4. The van der Waals surface area contributed by atoms with Gasteiger partial charge < -0.3 is 30.1 Å². The van der Waals surface area contributed by atoms with E-state index in [1.165, 1.54) is 32.4 Å². The lowest BCUT2D eigenvalue weighted by molar-refractivity contribution is -0.143. The van der Waals surface area contributed by atoms with E-state index < -0.39 is 23.5 Å². The van der Waals surface area contributed by atoms with E-state index in [0.717, 1.165) is 12.1 Å². The third-order valence-corrected chi connectivity index (χ3v) is 6.16. The Morgan fingerprint density at radius 2 is 1.75 bits per heavy atom. The molecule has 10 nitrogen and oxygen atoms in total. The van der Waals surface area contributed by atoms with Gasteiger partial charge in [-0.3, -0.25) is 9.59 Å². The van der Waals surface area contributed by atoms with Crippen LogP contribution in [0.2, 0.25) is 0 Å². The van der Waals surface area contributed by atoms with Crippen molar-refractivity contribution in [3.05, 3.63) is 47.5 Å². The quantitative estimate of drug-likeness (QED) is 0.501. The van der Waals surface area contributed by atoms with Gasteiger partial charge in [-0.2, -0.15) is 4.98 Å². The fourth-order valence-corrected chi connectivity index (χ4v) is 4.18. The van der Waals surface area contributed by atoms with Crippen LogP contribution >= 0.6 is 0 Å². The molecule has 1 saturated heterocycles. The number of hydrogen-bond donors (Lipinski definition) is 2. The van der Waals surface area contributed by atoms with Gasteiger partial charge in [-0.05, 0) is 23.8 Å². The summed E-state index contributed by atoms with van der Waals surface area (Å²) >= 11 is 0. The number of amides is 1. The summed E-state index contributed by atoms with van der Waals surface area (Å²) in [6.45, 7) is 1.23. The normalized spacial score (nSPS) is 14.6. The van der Waals surface area contributed by atoms with Crippen LogP contribution in [0.1, 0.15) is 17.9 Å². The minimum absolute atomic E-state index is 0.0164. The molecule has 2 aromatic carbocycles. The van der Waals surface area contributed by atoms with Gasteiger partial charge in [0, 0.05) is 38.0 Å². The van der Waals surface area contributed by atoms with Crippen molar-refractivity contribution in [1.29, 1.82) is 0 Å². The van der Waals surface area contributed by atoms with Crippen molar-refractivity contribution >= 4 is 34.5 Å². The average Bonchev–Trinajstić information content (AvgIpc) is 2.87. The van der Waals surface area contributed by atoms with Crippen molar-refractivity contribution < 1.29 is 33.0 Å². The standard InChI is InChI=1S/C24H25F2N5O5/c1-35-17-11-16-20(19(26)21(17)36-2)28-24(29-22(16)27)31-9-7-30(8-10-31)18(32)12-15(23(33)34)13-3-5-14(25)6-4-13/h3-6,11,15H,7-10,12H2,1-2H3,(H,33,34)(H2,27,28,29). The van der Waals surface area contributed by atoms with Gasteiger partial charge in [0.15, 0.2) is 17.3 Å². The van der Waals surface area contributed by atoms with Crippen molar-refractivity contribution in [2.75, 3.05) is 51.0 Å². The Morgan fingerprint density at radius 3 is 2.33 bits per heavy atom. The first-order valence-corrected chi connectivity index (χ1v) is 11.1. The van der Waals surface area contributed by atoms with Crippen LogP contribution in [-0.4, -0.2) is 72.2 Å². The maximum absolute atomic E-state index is 15.1. The number of rotatable bonds is 7. The Balaban J connectivity index is 1.48. The first-order chi connectivity index (χ1) is 17.2. The van der Waals surface area contributed by atoms with E-state index in [0.29, 0.717) is 18.7 Å². The number of fused-ring (bicyclic) bond motifs is 1. The van der Waals surface area contributed by atoms with Gasteiger partial charge in [-0.1, -0.05) is 12.1 Å². The Bertz CT molecular complexity index is 1300. The van der Waals surface area contributed by atoms with Crippen molar-refractivity contribution in [2.24, 2.45) is 0 Å². The number of benzene rings is 2. The van der Waals surface area contributed by atoms with Crippen LogP contribution in [0, 0.1) is 11.6 Å². The molecular formula is C24H25F2N5O5. The molecule has 4 rings (SSSR count). The molecule has 1 amide bonds. The fourth-order valence-electron chi connectivity index (χ4n) is 4.18. The smallest absolute Gasteiger partial charge is 0.311 e. The molecular weight excluding hydrogens is 476 g/mol. The molecule has 0 radical (unpaired) electrons. The lowest BCUT2D eigenvalue weighted by Crippen LogP contribution is -2.49. The van der Waals surface area contributed by atoms with Gasteiger partial charge in [-0.25, -0.2) is 13.8 Å². The maximum Gasteiger partial charge on any atom is 0.311 e. The van der Waals surface area contributed by atoms with Gasteiger partial charge in [0.05, 0.1) is 20.1 Å². The van der Waals surface area contributed by atoms with Crippen LogP contribution in [0.3, 0.4) is 0 Å². The first-order valence-electron chi connectivity index (χ1n) is 11.1. The van der Waals surface area contributed by atoms with Gasteiger partial charge >= 0.3 is 5.97 Å². The van der Waals surface area contributed by atoms with Crippen LogP contribution in [-0.2, 0) is 9.59 Å². The molecule has 1 atom stereocenters. The van der Waals surface area contributed by atoms with Gasteiger partial charge in [0.25, 0.3) is 0 Å². The van der Waals surface area contributed by atoms with E-state index in [2.05, 4.69) is 9.97 Å². The molecule has 0 spiro atoms. The van der Waals surface area contributed by atoms with Crippen LogP contribution in [0.4, 0.5) is 20.5 Å². The number of aromatic nitrogens is 2. The number of nitrogen functional groups attached to an aromatic ring is 1. The zero-order chi connectivity index (χ0) is 26.0. The lowest BCUT2D eigenvalue weighted by atomic mass is 9.95. The molecule has 190 valence electrons. The van der Waals surface area contributed by atoms with E-state index in [1.54, 1.807) is 9.80 Å². The molecule has 0 aliphatic carbocycles. The summed E-state index contributed by atoms with van der Waals surface area (Å²) in [5, 5.41) is 9.87. The molecule has 1 aliphatic rings. The Labute approximate surface area is 205 Å². The minimum atomic E-state index is -1.16. The molecule has 36 heavy (non-hydrogen) atoms. The summed E-state index contributed by atoms with van der Waals surface area (Å²) < 4.78 is 38.5. The maximum atomic E-state index is 15.1. The summed E-state index contributed by atoms with van der Waals surface area (Å²) in [7, 11) is 2.70. The highest BCUT2D eigenvalue weighted by Crippen LogP contribution is 2.37. The van der Waals surface area contributed by atoms with Crippen LogP contribution < -0.4 is 20.1 Å². The predicted molar refractivity (Wildman–Crippen MR) is 127 cm³/mol. The summed E-state index contributed by atoms with van der Waals surface area (Å²) in [5.41, 5.74) is 6.42. The zero-order valence-corrected chi connectivity index (χ0v) is 19.7. The molecule has 2 heterocycles. The highest BCUT2D eigenvalue weighted by molar-refractivity contribution is 5.92. The predicted octanol–water partition coefficient (Wildman–Crippen LogP) is 2.41. The number of halogens is 2. The summed E-state index contributed by atoms with van der Waals surface area (Å²) in [6.07, 6.45) is -0.257. The SMILES string of the molecule is COc1cc2c(N)nc(N3CCN(C(=O)CC(C(=O)O)c4ccc(F)cc4)CC3)nc2c(F)c1OC. The third-order valence-electron chi connectivity index (χ3n) is 6.16. The molecule has 3 aromatic rings. The van der Waals surface area contributed by atoms with E-state index in [-0.39, 0.29) is 59.6 Å². The number of methoxy groups -OCH3 is 2. The Kier molecular flexibility index (Phi) is 7.04. The minimum Gasteiger partial charge on any atom is -0.493 e. The highest BCUT2D eigenvalue weighted by atomic mass is 19.1. The van der Waals surface area contributed by atoms with E-state index >= 15 is 4.39 Å². The van der Waals surface area contributed by atoms with Gasteiger partial charge in [0.2, 0.25) is 11.9 Å². The van der Waals surface area contributed by atoms with E-state index in [9.17, 15) is 19.1 Å². The fraction of sp³-hybridized carbons (Fsp3) is 0.333. The Hall–Kier alpha value is -4.22. The molecule has 1 fully saturated rings. The van der Waals surface area contributed by atoms with Gasteiger partial charge in [-0.15, -0.1) is 0 Å². The van der Waals surface area contributed by atoms with Gasteiger partial charge in [0.1, 0.15) is 17.2 Å². The second-order valence-corrected chi connectivity index (χ2v) is 8.25. The second-order valence-electron chi connectivity index (χ2n) is 8.25. The number of anilines is 2.